The molecule has 0 amide bonds. The molecule has 18 rings (SSSR count). The van der Waals surface area contributed by atoms with Gasteiger partial charge in [-0.15, -0.1) is 0 Å². The minimum atomic E-state index is -0.313. The number of carbonyl (C=O) groups is 3. The molecule has 10 aliphatic rings. The zero-order valence-electron chi connectivity index (χ0n) is 68.1. The molecule has 0 atom stereocenters. The van der Waals surface area contributed by atoms with Crippen molar-refractivity contribution in [2.75, 3.05) is 78.4 Å². The molecule has 111 heavy (non-hydrogen) atoms. The van der Waals surface area contributed by atoms with Crippen molar-refractivity contribution in [1.82, 2.24) is 0 Å². The van der Waals surface area contributed by atoms with Gasteiger partial charge in [-0.1, -0.05) is 118 Å². The SMILES string of the molecule is CC.CC1(OC(=O)COc2ccc([S+]3CCCCC3)c3ccccc23)C2CC3CC(C2)CC1C3.CC1(OC(=O)COc2ccc([S+]3CCCCC3)c3ccccc23)CCCCC1.CCC1(OC(=O)COc2ccc([S+]3CCCCC3)c3ccccc23)CCCC1.C[S+](C)c1ccccc1.c1ccc([S+]2CCCCC2)cc1. The van der Waals surface area contributed by atoms with Crippen LogP contribution in [0.4, 0.5) is 0 Å². The molecule has 10 fully saturated rings. The molecule has 0 spiro atoms. The summed E-state index contributed by atoms with van der Waals surface area (Å²) < 4.78 is 35.8. The standard InChI is InChI=1S/C28H35O3S.2C24H31O3S.C11H15S.C8H11S.C2H6/c1-28(21-14-19-13-20(16-21)17-22(28)15-19)31-27(29)18-30-25-9-10-26(32-11-5-2-6-12-32)24-8-4-3-7-23(24)25;1-24(14-6-2-7-15-24)27-23(25)18-26-21-12-13-22(28-16-8-3-9-17-28)20-11-5-4-10-19(20)21;1-2-24(14-6-7-15-24)27-23(25)18-26-21-12-13-22(28-16-8-3-9-17-28)20-11-5-4-10-19(20)21;1-3-7-11(8-4-1)12-9-5-2-6-10-12;1-9(2)8-6-4-3-5-7-8;1-2/h3-4,7-10,19-22H,2,5-6,11-18H2,1H3;2*4-5,10-13H,2-3,6-9,14-18H2,1H3;1,3-4,7-8H,2,5-6,9-10H2;3-7H,1-2H3;1-2H3/q5*+1;. The first kappa shape index (κ1) is 84.5. The first-order chi connectivity index (χ1) is 54.2. The van der Waals surface area contributed by atoms with Crippen molar-refractivity contribution in [2.45, 2.75) is 249 Å². The Morgan fingerprint density at radius 1 is 0.360 bits per heavy atom. The highest BCUT2D eigenvalue weighted by Gasteiger charge is 2.57. The molecule has 4 heterocycles. The van der Waals surface area contributed by atoms with Crippen molar-refractivity contribution < 1.29 is 42.8 Å². The second-order valence-corrected chi connectivity index (χ2v) is 43.7. The average Bonchev–Trinajstić information content (AvgIpc) is 0.795. The van der Waals surface area contributed by atoms with E-state index in [4.69, 9.17) is 28.4 Å². The molecule has 0 unspecified atom stereocenters. The normalized spacial score (nSPS) is 22.8. The van der Waals surface area contributed by atoms with Crippen LogP contribution in [0.5, 0.6) is 17.2 Å². The van der Waals surface area contributed by atoms with E-state index in [0.29, 0.717) is 66.3 Å². The predicted octanol–water partition coefficient (Wildman–Crippen LogP) is 23.2. The maximum absolute atomic E-state index is 12.9. The van der Waals surface area contributed by atoms with Gasteiger partial charge in [-0.2, -0.15) is 0 Å². The molecular weight excluding hydrogens is 1470 g/mol. The molecule has 8 aromatic rings. The predicted molar refractivity (Wildman–Crippen MR) is 474 cm³/mol. The minimum Gasteiger partial charge on any atom is -0.481 e. The summed E-state index contributed by atoms with van der Waals surface area (Å²) in [5.74, 6) is 15.2. The van der Waals surface area contributed by atoms with Gasteiger partial charge in [0.2, 0.25) is 0 Å². The maximum atomic E-state index is 12.9. The van der Waals surface area contributed by atoms with E-state index in [-0.39, 0.29) is 54.5 Å². The number of hydrogen-bond acceptors (Lipinski definition) is 9. The summed E-state index contributed by atoms with van der Waals surface area (Å²) in [5.41, 5.74) is -0.858. The van der Waals surface area contributed by atoms with Crippen LogP contribution in [0.1, 0.15) is 208 Å². The van der Waals surface area contributed by atoms with Gasteiger partial charge in [0.15, 0.2) is 44.3 Å². The summed E-state index contributed by atoms with van der Waals surface area (Å²) in [6.45, 7) is 10.3. The zero-order valence-corrected chi connectivity index (χ0v) is 72.1. The van der Waals surface area contributed by atoms with Crippen molar-refractivity contribution in [3.8, 4) is 17.2 Å². The van der Waals surface area contributed by atoms with Gasteiger partial charge in [-0.3, -0.25) is 0 Å². The lowest BCUT2D eigenvalue weighted by molar-refractivity contribution is -0.204. The highest BCUT2D eigenvalue weighted by molar-refractivity contribution is 7.98. The summed E-state index contributed by atoms with van der Waals surface area (Å²) in [6, 6.07) is 59.9. The van der Waals surface area contributed by atoms with E-state index in [0.717, 1.165) is 103 Å². The van der Waals surface area contributed by atoms with Crippen molar-refractivity contribution in [2.24, 2.45) is 23.7 Å². The van der Waals surface area contributed by atoms with E-state index in [9.17, 15) is 14.4 Å². The van der Waals surface area contributed by atoms with Gasteiger partial charge in [0.1, 0.15) is 92.6 Å². The maximum Gasteiger partial charge on any atom is 0.344 e. The highest BCUT2D eigenvalue weighted by Crippen LogP contribution is 2.59. The van der Waals surface area contributed by atoms with Crippen LogP contribution < -0.4 is 14.2 Å². The van der Waals surface area contributed by atoms with Crippen LogP contribution in [0.15, 0.2) is 194 Å². The Morgan fingerprint density at radius 3 is 1.05 bits per heavy atom. The first-order valence-corrected chi connectivity index (χ1v) is 51.0. The Balaban J connectivity index is 0.000000136. The summed E-state index contributed by atoms with van der Waals surface area (Å²) in [5, 5.41) is 7.18. The fourth-order valence-electron chi connectivity index (χ4n) is 18.9. The Kier molecular flexibility index (Phi) is 32.1. The Bertz CT molecular complexity index is 4180. The largest absolute Gasteiger partial charge is 0.481 e. The molecule has 596 valence electrons. The lowest BCUT2D eigenvalue weighted by Gasteiger charge is -2.59. The average molecular weight is 1600 g/mol. The minimum absolute atomic E-state index is 0.00303. The molecule has 4 aliphatic heterocycles. The monoisotopic (exact) mass is 1600 g/mol. The first-order valence-electron chi connectivity index (χ1n) is 42.7. The third-order valence-electron chi connectivity index (χ3n) is 24.8. The number of ether oxygens (including phenoxy) is 6. The third kappa shape index (κ3) is 22.8. The summed E-state index contributed by atoms with van der Waals surface area (Å²) >= 11 is 0. The number of fused-ring (bicyclic) bond motifs is 3. The van der Waals surface area contributed by atoms with Gasteiger partial charge in [0, 0.05) is 86.8 Å². The van der Waals surface area contributed by atoms with Crippen LogP contribution in [0.25, 0.3) is 32.3 Å². The molecule has 4 bridgehead atoms. The summed E-state index contributed by atoms with van der Waals surface area (Å²) in [4.78, 5) is 45.2. The lowest BCUT2D eigenvalue weighted by Crippen LogP contribution is -2.58. The van der Waals surface area contributed by atoms with Gasteiger partial charge < -0.3 is 28.4 Å². The topological polar surface area (TPSA) is 107 Å². The molecule has 0 radical (unpaired) electrons. The van der Waals surface area contributed by atoms with Crippen LogP contribution in [0.3, 0.4) is 0 Å². The van der Waals surface area contributed by atoms with Crippen molar-refractivity contribution in [3.63, 3.8) is 0 Å². The van der Waals surface area contributed by atoms with Crippen molar-refractivity contribution >= 4 is 105 Å². The van der Waals surface area contributed by atoms with Gasteiger partial charge in [0.25, 0.3) is 0 Å². The fourth-order valence-corrected chi connectivity index (χ4v) is 29.4. The van der Waals surface area contributed by atoms with E-state index in [2.05, 4.69) is 191 Å². The van der Waals surface area contributed by atoms with Gasteiger partial charge in [-0.25, -0.2) is 14.4 Å². The van der Waals surface area contributed by atoms with E-state index in [1.807, 2.05) is 26.0 Å². The Morgan fingerprint density at radius 2 is 0.685 bits per heavy atom. The number of hydrogen-bond donors (Lipinski definition) is 0. The molecule has 6 saturated carbocycles. The van der Waals surface area contributed by atoms with Gasteiger partial charge in [-0.05, 0) is 283 Å². The molecule has 14 heteroatoms. The smallest absolute Gasteiger partial charge is 0.344 e. The molecule has 0 aromatic heterocycles. The molecule has 6 aliphatic carbocycles. The zero-order chi connectivity index (χ0) is 77.4. The van der Waals surface area contributed by atoms with Crippen molar-refractivity contribution in [3.05, 3.63) is 170 Å². The second kappa shape index (κ2) is 42.1. The summed E-state index contributed by atoms with van der Waals surface area (Å²) in [7, 11) is 2.03. The highest BCUT2D eigenvalue weighted by atomic mass is 32.2. The molecular formula is C97H129O9S5+5. The molecule has 9 nitrogen and oxygen atoms in total. The van der Waals surface area contributed by atoms with Crippen LogP contribution >= 0.6 is 0 Å². The van der Waals surface area contributed by atoms with E-state index < -0.39 is 0 Å². The van der Waals surface area contributed by atoms with Gasteiger partial charge >= 0.3 is 17.9 Å². The second-order valence-electron chi connectivity index (χ2n) is 32.6. The summed E-state index contributed by atoms with van der Waals surface area (Å²) in [6.07, 6.45) is 37.9. The van der Waals surface area contributed by atoms with Crippen LogP contribution in [-0.4, -0.2) is 113 Å². The Hall–Kier alpha value is -5.90. The van der Waals surface area contributed by atoms with E-state index >= 15 is 0 Å². The van der Waals surface area contributed by atoms with E-state index in [1.54, 1.807) is 4.90 Å². The number of rotatable bonds is 18. The van der Waals surface area contributed by atoms with Crippen LogP contribution in [0.2, 0.25) is 0 Å². The molecule has 8 aromatic carbocycles. The molecule has 0 N–H and O–H groups in total. The van der Waals surface area contributed by atoms with Crippen LogP contribution in [-0.2, 0) is 83.1 Å². The quantitative estimate of drug-likeness (QED) is 0.0472. The lowest BCUT2D eigenvalue weighted by atomic mass is 9.50. The number of benzene rings is 8. The Labute approximate surface area is 680 Å². The van der Waals surface area contributed by atoms with Crippen molar-refractivity contribution in [1.29, 1.82) is 0 Å². The van der Waals surface area contributed by atoms with E-state index in [1.165, 1.54) is 197 Å². The van der Waals surface area contributed by atoms with Gasteiger partial charge in [0.05, 0.1) is 0 Å². The third-order valence-corrected chi connectivity index (χ3v) is 36.1. The number of carbonyl (C=O) groups excluding carboxylic acids is 3. The molecule has 4 saturated heterocycles. The van der Waals surface area contributed by atoms with Crippen LogP contribution in [0, 0.1) is 23.7 Å². The number of esters is 3. The fraction of sp³-hybridized carbons (Fsp3) is 0.536.